The lowest BCUT2D eigenvalue weighted by Gasteiger charge is -2.21. The Morgan fingerprint density at radius 2 is 2.21 bits per heavy atom. The Morgan fingerprint density at radius 1 is 1.42 bits per heavy atom. The molecule has 0 radical (unpaired) electrons. The van der Waals surface area contributed by atoms with Crippen molar-refractivity contribution in [2.24, 2.45) is 7.05 Å². The molecule has 3 nitrogen and oxygen atoms in total. The first-order chi connectivity index (χ1) is 9.15. The first-order valence-corrected chi connectivity index (χ1v) is 7.40. The standard InChI is InChI=1S/C15H20BrN3/c1-4-8-17-14(15-18-9-10-19(15)3)12-7-5-6-11(2)13(12)16/h5-7,9-10,14,17H,4,8H2,1-3H3. The molecule has 1 aromatic heterocycles. The summed E-state index contributed by atoms with van der Waals surface area (Å²) in [7, 11) is 2.03. The molecule has 1 heterocycles. The zero-order valence-corrected chi connectivity index (χ0v) is 13.2. The van der Waals surface area contributed by atoms with Crippen molar-refractivity contribution in [1.29, 1.82) is 0 Å². The Balaban J connectivity index is 2.43. The van der Waals surface area contributed by atoms with Crippen molar-refractivity contribution in [3.8, 4) is 0 Å². The molecule has 0 saturated heterocycles. The number of hydrogen-bond donors (Lipinski definition) is 1. The summed E-state index contributed by atoms with van der Waals surface area (Å²) in [4.78, 5) is 4.50. The first-order valence-electron chi connectivity index (χ1n) is 6.60. The number of halogens is 1. The van der Waals surface area contributed by atoms with Crippen LogP contribution in [0.15, 0.2) is 35.1 Å². The molecule has 102 valence electrons. The van der Waals surface area contributed by atoms with Crippen LogP contribution >= 0.6 is 15.9 Å². The van der Waals surface area contributed by atoms with Crippen LogP contribution in [0, 0.1) is 6.92 Å². The van der Waals surface area contributed by atoms with Gasteiger partial charge in [0.05, 0.1) is 6.04 Å². The SMILES string of the molecule is CCCNC(c1cccc(C)c1Br)c1nccn1C. The van der Waals surface area contributed by atoms with Gasteiger partial charge in [0.1, 0.15) is 5.82 Å². The Bertz CT molecular complexity index is 548. The third-order valence-corrected chi connectivity index (χ3v) is 4.33. The fraction of sp³-hybridized carbons (Fsp3) is 0.400. The molecule has 0 saturated carbocycles. The molecule has 0 aliphatic rings. The van der Waals surface area contributed by atoms with Gasteiger partial charge in [-0.25, -0.2) is 4.98 Å². The summed E-state index contributed by atoms with van der Waals surface area (Å²) in [6.45, 7) is 5.26. The average Bonchev–Trinajstić information content (AvgIpc) is 2.81. The quantitative estimate of drug-likeness (QED) is 0.912. The summed E-state index contributed by atoms with van der Waals surface area (Å²) in [5, 5.41) is 3.58. The molecule has 2 rings (SSSR count). The van der Waals surface area contributed by atoms with Crippen LogP contribution in [0.25, 0.3) is 0 Å². The summed E-state index contributed by atoms with van der Waals surface area (Å²) in [5.41, 5.74) is 2.48. The number of rotatable bonds is 5. The molecule has 0 bridgehead atoms. The maximum absolute atomic E-state index is 4.50. The minimum atomic E-state index is 0.120. The topological polar surface area (TPSA) is 29.9 Å². The Kier molecular flexibility index (Phi) is 4.77. The van der Waals surface area contributed by atoms with E-state index in [0.29, 0.717) is 0 Å². The van der Waals surface area contributed by atoms with Gasteiger partial charge in [0.25, 0.3) is 0 Å². The van der Waals surface area contributed by atoms with E-state index in [1.54, 1.807) is 0 Å². The zero-order valence-electron chi connectivity index (χ0n) is 11.7. The van der Waals surface area contributed by atoms with E-state index in [1.165, 1.54) is 11.1 Å². The smallest absolute Gasteiger partial charge is 0.130 e. The van der Waals surface area contributed by atoms with E-state index < -0.39 is 0 Å². The van der Waals surface area contributed by atoms with Gasteiger partial charge in [-0.3, -0.25) is 0 Å². The number of nitrogens with one attached hydrogen (secondary N) is 1. The van der Waals surface area contributed by atoms with Crippen LogP contribution < -0.4 is 5.32 Å². The van der Waals surface area contributed by atoms with E-state index in [0.717, 1.165) is 23.3 Å². The molecule has 2 aromatic rings. The molecule has 19 heavy (non-hydrogen) atoms. The van der Waals surface area contributed by atoms with Crippen molar-refractivity contribution in [1.82, 2.24) is 14.9 Å². The van der Waals surface area contributed by atoms with E-state index in [-0.39, 0.29) is 6.04 Å². The number of aryl methyl sites for hydroxylation is 2. The van der Waals surface area contributed by atoms with Crippen molar-refractivity contribution >= 4 is 15.9 Å². The highest BCUT2D eigenvalue weighted by atomic mass is 79.9. The predicted molar refractivity (Wildman–Crippen MR) is 82.2 cm³/mol. The minimum Gasteiger partial charge on any atom is -0.336 e. The van der Waals surface area contributed by atoms with Gasteiger partial charge >= 0.3 is 0 Å². The van der Waals surface area contributed by atoms with E-state index in [2.05, 4.69) is 62.8 Å². The van der Waals surface area contributed by atoms with Crippen LogP contribution in [-0.4, -0.2) is 16.1 Å². The Hall–Kier alpha value is -1.13. The first kappa shape index (κ1) is 14.3. The number of aromatic nitrogens is 2. The number of hydrogen-bond acceptors (Lipinski definition) is 2. The molecule has 0 spiro atoms. The molecule has 0 fully saturated rings. The van der Waals surface area contributed by atoms with Crippen LogP contribution in [0.5, 0.6) is 0 Å². The summed E-state index contributed by atoms with van der Waals surface area (Å²) < 4.78 is 3.23. The van der Waals surface area contributed by atoms with Crippen molar-refractivity contribution in [3.63, 3.8) is 0 Å². The van der Waals surface area contributed by atoms with Gasteiger partial charge in [-0.15, -0.1) is 0 Å². The monoisotopic (exact) mass is 321 g/mol. The van der Waals surface area contributed by atoms with E-state index in [9.17, 15) is 0 Å². The van der Waals surface area contributed by atoms with E-state index in [4.69, 9.17) is 0 Å². The average molecular weight is 322 g/mol. The maximum Gasteiger partial charge on any atom is 0.130 e. The number of imidazole rings is 1. The lowest BCUT2D eigenvalue weighted by atomic mass is 10.0. The van der Waals surface area contributed by atoms with Crippen LogP contribution in [0.2, 0.25) is 0 Å². The normalized spacial score (nSPS) is 12.6. The summed E-state index contributed by atoms with van der Waals surface area (Å²) >= 11 is 3.71. The van der Waals surface area contributed by atoms with Crippen LogP contribution in [0.4, 0.5) is 0 Å². The Morgan fingerprint density at radius 3 is 2.84 bits per heavy atom. The highest BCUT2D eigenvalue weighted by Crippen LogP contribution is 2.30. The van der Waals surface area contributed by atoms with Crippen molar-refractivity contribution in [2.75, 3.05) is 6.54 Å². The molecular weight excluding hydrogens is 302 g/mol. The van der Waals surface area contributed by atoms with Gasteiger partial charge in [-0.1, -0.05) is 41.1 Å². The fourth-order valence-corrected chi connectivity index (χ4v) is 2.67. The molecule has 0 amide bonds. The molecule has 4 heteroatoms. The third-order valence-electron chi connectivity index (χ3n) is 3.25. The highest BCUT2D eigenvalue weighted by Gasteiger charge is 2.20. The lowest BCUT2D eigenvalue weighted by Crippen LogP contribution is -2.26. The van der Waals surface area contributed by atoms with Gasteiger partial charge in [0.15, 0.2) is 0 Å². The van der Waals surface area contributed by atoms with E-state index in [1.807, 2.05) is 19.4 Å². The maximum atomic E-state index is 4.50. The summed E-state index contributed by atoms with van der Waals surface area (Å²) in [5.74, 6) is 1.04. The molecule has 0 aliphatic heterocycles. The van der Waals surface area contributed by atoms with E-state index >= 15 is 0 Å². The van der Waals surface area contributed by atoms with Gasteiger partial charge in [-0.05, 0) is 31.0 Å². The zero-order chi connectivity index (χ0) is 13.8. The molecule has 1 N–H and O–H groups in total. The van der Waals surface area contributed by atoms with Crippen LogP contribution in [-0.2, 0) is 7.05 Å². The lowest BCUT2D eigenvalue weighted by molar-refractivity contribution is 0.554. The number of benzene rings is 1. The molecule has 0 aliphatic carbocycles. The number of nitrogens with zero attached hydrogens (tertiary/aromatic N) is 2. The van der Waals surface area contributed by atoms with Gasteiger partial charge in [-0.2, -0.15) is 0 Å². The second kappa shape index (κ2) is 6.35. The Labute approximate surface area is 123 Å². The summed E-state index contributed by atoms with van der Waals surface area (Å²) in [6.07, 6.45) is 4.93. The van der Waals surface area contributed by atoms with Crippen LogP contribution in [0.1, 0.15) is 36.3 Å². The molecule has 1 unspecified atom stereocenters. The third kappa shape index (κ3) is 3.07. The second-order valence-electron chi connectivity index (χ2n) is 4.76. The van der Waals surface area contributed by atoms with Gasteiger partial charge in [0, 0.05) is 23.9 Å². The minimum absolute atomic E-state index is 0.120. The largest absolute Gasteiger partial charge is 0.336 e. The van der Waals surface area contributed by atoms with Crippen molar-refractivity contribution < 1.29 is 0 Å². The van der Waals surface area contributed by atoms with Gasteiger partial charge < -0.3 is 9.88 Å². The predicted octanol–water partition coefficient (Wildman–Crippen LogP) is 3.58. The molecular formula is C15H20BrN3. The van der Waals surface area contributed by atoms with Crippen LogP contribution in [0.3, 0.4) is 0 Å². The highest BCUT2D eigenvalue weighted by molar-refractivity contribution is 9.10. The van der Waals surface area contributed by atoms with Crippen molar-refractivity contribution in [2.45, 2.75) is 26.3 Å². The second-order valence-corrected chi connectivity index (χ2v) is 5.55. The summed E-state index contributed by atoms with van der Waals surface area (Å²) in [6, 6.07) is 6.48. The van der Waals surface area contributed by atoms with Gasteiger partial charge in [0.2, 0.25) is 0 Å². The molecule has 1 aromatic carbocycles. The van der Waals surface area contributed by atoms with Crippen molar-refractivity contribution in [3.05, 3.63) is 52.0 Å². The fourth-order valence-electron chi connectivity index (χ4n) is 2.18. The molecule has 1 atom stereocenters.